The van der Waals surface area contributed by atoms with Gasteiger partial charge in [0.2, 0.25) is 0 Å². The highest BCUT2D eigenvalue weighted by Crippen LogP contribution is 2.26. The Hall–Kier alpha value is -1.38. The van der Waals surface area contributed by atoms with Crippen LogP contribution >= 0.6 is 0 Å². The highest BCUT2D eigenvalue weighted by molar-refractivity contribution is 6.01. The van der Waals surface area contributed by atoms with Crippen LogP contribution in [-0.4, -0.2) is 18.9 Å². The molecule has 0 aromatic carbocycles. The van der Waals surface area contributed by atoms with Crippen LogP contribution in [0.25, 0.3) is 0 Å². The number of ketones is 1. The van der Waals surface area contributed by atoms with Crippen molar-refractivity contribution in [1.29, 1.82) is 0 Å². The zero-order chi connectivity index (χ0) is 14.8. The topological polar surface area (TPSA) is 43.4 Å². The van der Waals surface area contributed by atoms with Gasteiger partial charge in [0.25, 0.3) is 0 Å². The summed E-state index contributed by atoms with van der Waals surface area (Å²) < 4.78 is 4.53. The summed E-state index contributed by atoms with van der Waals surface area (Å²) >= 11 is 0. The molecule has 0 heterocycles. The van der Waals surface area contributed by atoms with E-state index in [2.05, 4.69) is 11.7 Å². The van der Waals surface area contributed by atoms with E-state index in [1.54, 1.807) is 6.08 Å². The average molecular weight is 278 g/mol. The largest absolute Gasteiger partial charge is 0.466 e. The van der Waals surface area contributed by atoms with Crippen molar-refractivity contribution in [3.8, 4) is 0 Å². The van der Waals surface area contributed by atoms with Gasteiger partial charge in [0.05, 0.1) is 7.11 Å². The molecule has 1 aliphatic rings. The normalized spacial score (nSPS) is 18.6. The number of hydrogen-bond donors (Lipinski definition) is 0. The molecule has 20 heavy (non-hydrogen) atoms. The summed E-state index contributed by atoms with van der Waals surface area (Å²) in [4.78, 5) is 23.1. The molecular weight excluding hydrogens is 252 g/mol. The molecule has 0 spiro atoms. The highest BCUT2D eigenvalue weighted by Gasteiger charge is 2.24. The van der Waals surface area contributed by atoms with E-state index in [1.165, 1.54) is 45.3 Å². The van der Waals surface area contributed by atoms with Gasteiger partial charge < -0.3 is 4.74 Å². The zero-order valence-electron chi connectivity index (χ0n) is 12.7. The van der Waals surface area contributed by atoms with E-state index < -0.39 is 5.97 Å². The Balaban J connectivity index is 2.24. The monoisotopic (exact) mass is 278 g/mol. The fourth-order valence-electron chi connectivity index (χ4n) is 2.46. The lowest BCUT2D eigenvalue weighted by molar-refractivity contribution is -0.134. The van der Waals surface area contributed by atoms with Crippen molar-refractivity contribution in [3.05, 3.63) is 23.8 Å². The number of hydrogen-bond acceptors (Lipinski definition) is 3. The molecule has 3 heteroatoms. The summed E-state index contributed by atoms with van der Waals surface area (Å²) in [7, 11) is 1.34. The lowest BCUT2D eigenvalue weighted by Crippen LogP contribution is -2.08. The number of esters is 1. The molecule has 1 aliphatic carbocycles. The molecule has 3 nitrogen and oxygen atoms in total. The zero-order valence-corrected chi connectivity index (χ0v) is 12.7. The lowest BCUT2D eigenvalue weighted by Gasteiger charge is -2.04. The first-order valence-corrected chi connectivity index (χ1v) is 7.68. The third-order valence-corrected chi connectivity index (χ3v) is 3.74. The predicted octanol–water partition coefficient (Wildman–Crippen LogP) is 3.98. The van der Waals surface area contributed by atoms with Crippen LogP contribution in [0.1, 0.15) is 58.3 Å². The van der Waals surface area contributed by atoms with Crippen LogP contribution in [0.2, 0.25) is 0 Å². The standard InChI is InChI=1S/C17H26O3/c1-3-4-5-6-7-8-9-14-10-11-15(17(14)19)12-13-16(18)20-2/h10,12-13,15H,3-9,11H2,1-2H3/b13-12+/t15-/m0/s1. The van der Waals surface area contributed by atoms with Crippen LogP contribution in [0.4, 0.5) is 0 Å². The molecule has 0 aromatic heterocycles. The van der Waals surface area contributed by atoms with E-state index in [0.29, 0.717) is 0 Å². The van der Waals surface area contributed by atoms with Gasteiger partial charge in [0.15, 0.2) is 5.78 Å². The Kier molecular flexibility index (Phi) is 7.93. The molecule has 0 N–H and O–H groups in total. The van der Waals surface area contributed by atoms with Crippen LogP contribution in [0.3, 0.4) is 0 Å². The van der Waals surface area contributed by atoms with Gasteiger partial charge >= 0.3 is 5.97 Å². The number of allylic oxidation sites excluding steroid dienone is 3. The van der Waals surface area contributed by atoms with Crippen LogP contribution < -0.4 is 0 Å². The number of unbranched alkanes of at least 4 members (excludes halogenated alkanes) is 5. The molecule has 0 fully saturated rings. The number of ether oxygens (including phenoxy) is 1. The van der Waals surface area contributed by atoms with Crippen molar-refractivity contribution in [3.63, 3.8) is 0 Å². The number of Topliss-reactive ketones (excluding diaryl/α,β-unsaturated/α-hetero) is 1. The molecule has 112 valence electrons. The Morgan fingerprint density at radius 1 is 1.30 bits per heavy atom. The molecule has 0 saturated carbocycles. The Labute approximate surface area is 122 Å². The van der Waals surface area contributed by atoms with Crippen molar-refractivity contribution in [2.45, 2.75) is 58.3 Å². The van der Waals surface area contributed by atoms with E-state index >= 15 is 0 Å². The van der Waals surface area contributed by atoms with Crippen molar-refractivity contribution in [2.75, 3.05) is 7.11 Å². The maximum Gasteiger partial charge on any atom is 0.330 e. The van der Waals surface area contributed by atoms with E-state index in [-0.39, 0.29) is 11.7 Å². The Bertz CT molecular complexity index is 380. The molecular formula is C17H26O3. The molecule has 0 saturated heterocycles. The van der Waals surface area contributed by atoms with Crippen molar-refractivity contribution in [2.24, 2.45) is 5.92 Å². The summed E-state index contributed by atoms with van der Waals surface area (Å²) in [5.41, 5.74) is 0.944. The fraction of sp³-hybridized carbons (Fsp3) is 0.647. The molecule has 0 amide bonds. The maximum absolute atomic E-state index is 12.1. The van der Waals surface area contributed by atoms with Crippen LogP contribution in [0.15, 0.2) is 23.8 Å². The molecule has 0 aromatic rings. The van der Waals surface area contributed by atoms with E-state index in [0.717, 1.165) is 24.8 Å². The van der Waals surface area contributed by atoms with E-state index in [1.807, 2.05) is 6.08 Å². The third-order valence-electron chi connectivity index (χ3n) is 3.74. The summed E-state index contributed by atoms with van der Waals surface area (Å²) in [5, 5.41) is 0. The summed E-state index contributed by atoms with van der Waals surface area (Å²) in [6, 6.07) is 0. The smallest absolute Gasteiger partial charge is 0.330 e. The second-order valence-corrected chi connectivity index (χ2v) is 5.34. The maximum atomic E-state index is 12.1. The second kappa shape index (κ2) is 9.51. The summed E-state index contributed by atoms with van der Waals surface area (Å²) in [6.45, 7) is 2.21. The van der Waals surface area contributed by atoms with Crippen molar-refractivity contribution in [1.82, 2.24) is 0 Å². The number of carbonyl (C=O) groups excluding carboxylic acids is 2. The van der Waals surface area contributed by atoms with Gasteiger partial charge in [-0.3, -0.25) is 4.79 Å². The fourth-order valence-corrected chi connectivity index (χ4v) is 2.46. The molecule has 1 atom stereocenters. The first-order chi connectivity index (χ1) is 9.69. The van der Waals surface area contributed by atoms with Crippen LogP contribution in [-0.2, 0) is 14.3 Å². The van der Waals surface area contributed by atoms with Gasteiger partial charge in [-0.15, -0.1) is 0 Å². The number of rotatable bonds is 9. The number of methoxy groups -OCH3 is 1. The van der Waals surface area contributed by atoms with Gasteiger partial charge in [0.1, 0.15) is 0 Å². The minimum absolute atomic E-state index is 0.163. The molecule has 1 rings (SSSR count). The third kappa shape index (κ3) is 5.72. The van der Waals surface area contributed by atoms with E-state index in [9.17, 15) is 9.59 Å². The Morgan fingerprint density at radius 2 is 2.00 bits per heavy atom. The van der Waals surface area contributed by atoms with Crippen molar-refractivity contribution < 1.29 is 14.3 Å². The Morgan fingerprint density at radius 3 is 2.70 bits per heavy atom. The van der Waals surface area contributed by atoms with Gasteiger partial charge in [-0.2, -0.15) is 0 Å². The van der Waals surface area contributed by atoms with Gasteiger partial charge in [-0.1, -0.05) is 51.2 Å². The first-order valence-electron chi connectivity index (χ1n) is 7.68. The van der Waals surface area contributed by atoms with Gasteiger partial charge in [0, 0.05) is 12.0 Å². The summed E-state index contributed by atoms with van der Waals surface area (Å²) in [5.74, 6) is -0.384. The van der Waals surface area contributed by atoms with E-state index in [4.69, 9.17) is 0 Å². The predicted molar refractivity (Wildman–Crippen MR) is 80.3 cm³/mol. The highest BCUT2D eigenvalue weighted by atomic mass is 16.5. The average Bonchev–Trinajstić information content (AvgIpc) is 2.81. The molecule has 0 bridgehead atoms. The quantitative estimate of drug-likeness (QED) is 0.364. The van der Waals surface area contributed by atoms with Crippen LogP contribution in [0, 0.1) is 5.92 Å². The molecule has 0 radical (unpaired) electrons. The van der Waals surface area contributed by atoms with Crippen molar-refractivity contribution >= 4 is 11.8 Å². The minimum atomic E-state index is -0.401. The van der Waals surface area contributed by atoms with Crippen LogP contribution in [0.5, 0.6) is 0 Å². The minimum Gasteiger partial charge on any atom is -0.466 e. The second-order valence-electron chi connectivity index (χ2n) is 5.34. The van der Waals surface area contributed by atoms with Gasteiger partial charge in [-0.05, 0) is 24.8 Å². The lowest BCUT2D eigenvalue weighted by atomic mass is 9.99. The number of carbonyl (C=O) groups is 2. The SMILES string of the molecule is CCCCCCCCC1=CC[C@@H](/C=C/C(=O)OC)C1=O. The van der Waals surface area contributed by atoms with Gasteiger partial charge in [-0.25, -0.2) is 4.79 Å². The summed E-state index contributed by atoms with van der Waals surface area (Å²) in [6.07, 6.45) is 14.1. The molecule has 0 aliphatic heterocycles. The molecule has 0 unspecified atom stereocenters. The first kappa shape index (κ1) is 16.7.